The summed E-state index contributed by atoms with van der Waals surface area (Å²) < 4.78 is 37.8. The lowest BCUT2D eigenvalue weighted by molar-refractivity contribution is -0.137. The van der Waals surface area contributed by atoms with Crippen molar-refractivity contribution in [3.8, 4) is 0 Å². The van der Waals surface area contributed by atoms with E-state index in [9.17, 15) is 18.0 Å². The Hall–Kier alpha value is -3.35. The maximum absolute atomic E-state index is 12.6. The summed E-state index contributed by atoms with van der Waals surface area (Å²) in [6.45, 7) is 1.95. The van der Waals surface area contributed by atoms with Crippen molar-refractivity contribution in [3.05, 3.63) is 83.7 Å². The van der Waals surface area contributed by atoms with Crippen LogP contribution in [0, 0.1) is 6.92 Å². The van der Waals surface area contributed by atoms with Crippen LogP contribution < -0.4 is 10.6 Å². The Bertz CT molecular complexity index is 936. The number of carbonyl (C=O) groups is 1. The summed E-state index contributed by atoms with van der Waals surface area (Å²) in [7, 11) is 0. The van der Waals surface area contributed by atoms with Crippen molar-refractivity contribution in [2.24, 2.45) is 0 Å². The van der Waals surface area contributed by atoms with Gasteiger partial charge in [0.05, 0.1) is 5.56 Å². The summed E-state index contributed by atoms with van der Waals surface area (Å²) in [4.78, 5) is 16.4. The minimum atomic E-state index is -4.38. The first-order valence-electron chi connectivity index (χ1n) is 8.09. The van der Waals surface area contributed by atoms with E-state index in [4.69, 9.17) is 0 Å². The van der Waals surface area contributed by atoms with Crippen LogP contribution in [0.4, 0.5) is 30.2 Å². The van der Waals surface area contributed by atoms with Crippen LogP contribution in [0.3, 0.4) is 0 Å². The maximum atomic E-state index is 12.6. The molecule has 0 atom stereocenters. The highest BCUT2D eigenvalue weighted by molar-refractivity contribution is 6.03. The lowest BCUT2D eigenvalue weighted by Gasteiger charge is -2.10. The van der Waals surface area contributed by atoms with Gasteiger partial charge in [-0.25, -0.2) is 0 Å². The normalized spacial score (nSPS) is 11.1. The Morgan fingerprint density at radius 2 is 1.52 bits per heavy atom. The molecule has 1 amide bonds. The number of hydrogen-bond donors (Lipinski definition) is 2. The Balaban J connectivity index is 1.71. The molecule has 0 aliphatic heterocycles. The molecule has 27 heavy (non-hydrogen) atoms. The second-order valence-corrected chi connectivity index (χ2v) is 5.95. The molecule has 0 saturated heterocycles. The van der Waals surface area contributed by atoms with E-state index in [1.807, 2.05) is 19.1 Å². The molecule has 3 rings (SSSR count). The molecule has 0 aliphatic carbocycles. The molecule has 2 N–H and O–H groups in total. The number of aromatic nitrogens is 1. The summed E-state index contributed by atoms with van der Waals surface area (Å²) in [6.07, 6.45) is -2.92. The summed E-state index contributed by atoms with van der Waals surface area (Å²) in [5.41, 5.74) is 2.20. The van der Waals surface area contributed by atoms with Gasteiger partial charge >= 0.3 is 6.18 Å². The topological polar surface area (TPSA) is 54.0 Å². The van der Waals surface area contributed by atoms with E-state index in [1.165, 1.54) is 24.4 Å². The van der Waals surface area contributed by atoms with Crippen LogP contribution in [-0.4, -0.2) is 10.9 Å². The fourth-order valence-corrected chi connectivity index (χ4v) is 2.37. The lowest BCUT2D eigenvalue weighted by Crippen LogP contribution is -2.13. The number of rotatable bonds is 4. The van der Waals surface area contributed by atoms with Crippen molar-refractivity contribution in [2.75, 3.05) is 10.6 Å². The van der Waals surface area contributed by atoms with Gasteiger partial charge in [-0.2, -0.15) is 13.2 Å². The third-order valence-corrected chi connectivity index (χ3v) is 3.80. The Kier molecular flexibility index (Phi) is 5.12. The zero-order valence-electron chi connectivity index (χ0n) is 14.3. The second-order valence-electron chi connectivity index (χ2n) is 5.95. The second kappa shape index (κ2) is 7.49. The minimum absolute atomic E-state index is 0.187. The van der Waals surface area contributed by atoms with Gasteiger partial charge < -0.3 is 10.6 Å². The molecule has 2 aromatic carbocycles. The Morgan fingerprint density at radius 3 is 2.15 bits per heavy atom. The molecule has 0 spiro atoms. The van der Waals surface area contributed by atoms with Crippen molar-refractivity contribution < 1.29 is 18.0 Å². The molecule has 0 unspecified atom stereocenters. The average molecular weight is 371 g/mol. The molecule has 0 saturated carbocycles. The van der Waals surface area contributed by atoms with Gasteiger partial charge in [-0.3, -0.25) is 9.78 Å². The van der Waals surface area contributed by atoms with E-state index in [-0.39, 0.29) is 11.6 Å². The summed E-state index contributed by atoms with van der Waals surface area (Å²) in [5.74, 6) is -0.380. The predicted molar refractivity (Wildman–Crippen MR) is 98.1 cm³/mol. The lowest BCUT2D eigenvalue weighted by atomic mass is 10.2. The Morgan fingerprint density at radius 1 is 0.889 bits per heavy atom. The number of anilines is 3. The van der Waals surface area contributed by atoms with E-state index >= 15 is 0 Å². The third kappa shape index (κ3) is 4.84. The predicted octanol–water partition coefficient (Wildman–Crippen LogP) is 5.40. The van der Waals surface area contributed by atoms with Crippen LogP contribution >= 0.6 is 0 Å². The van der Waals surface area contributed by atoms with Gasteiger partial charge in [0, 0.05) is 23.3 Å². The number of benzene rings is 2. The van der Waals surface area contributed by atoms with E-state index < -0.39 is 11.7 Å². The molecule has 3 aromatic rings. The standard InChI is InChI=1S/C20H16F3N3O/c1-13-2-6-16(7-3-13)26-19(27)18-12-17(10-11-24-18)25-15-8-4-14(5-9-15)20(21,22)23/h2-12H,1H3,(H,24,25)(H,26,27). The highest BCUT2D eigenvalue weighted by atomic mass is 19.4. The highest BCUT2D eigenvalue weighted by Gasteiger charge is 2.29. The molecule has 138 valence electrons. The molecule has 0 bridgehead atoms. The van der Waals surface area contributed by atoms with Crippen LogP contribution in [0.25, 0.3) is 0 Å². The SMILES string of the molecule is Cc1ccc(NC(=O)c2cc(Nc3ccc(C(F)(F)F)cc3)ccn2)cc1. The smallest absolute Gasteiger partial charge is 0.355 e. The van der Waals surface area contributed by atoms with Gasteiger partial charge in [-0.1, -0.05) is 17.7 Å². The number of aryl methyl sites for hydroxylation is 1. The van der Waals surface area contributed by atoms with E-state index in [1.54, 1.807) is 18.2 Å². The summed E-state index contributed by atoms with van der Waals surface area (Å²) in [6, 6.07) is 15.1. The number of nitrogens with zero attached hydrogens (tertiary/aromatic N) is 1. The van der Waals surface area contributed by atoms with Gasteiger partial charge in [0.15, 0.2) is 0 Å². The number of carbonyl (C=O) groups excluding carboxylic acids is 1. The zero-order valence-corrected chi connectivity index (χ0v) is 14.3. The molecule has 7 heteroatoms. The van der Waals surface area contributed by atoms with Crippen molar-refractivity contribution in [2.45, 2.75) is 13.1 Å². The number of nitrogens with one attached hydrogen (secondary N) is 2. The largest absolute Gasteiger partial charge is 0.416 e. The molecule has 0 fully saturated rings. The molecule has 0 aliphatic rings. The molecule has 1 heterocycles. The van der Waals surface area contributed by atoms with E-state index in [0.29, 0.717) is 17.1 Å². The molecule has 4 nitrogen and oxygen atoms in total. The van der Waals surface area contributed by atoms with Gasteiger partial charge in [-0.15, -0.1) is 0 Å². The first-order valence-corrected chi connectivity index (χ1v) is 8.09. The molecular formula is C20H16F3N3O. The first kappa shape index (κ1) is 18.4. The summed E-state index contributed by atoms with van der Waals surface area (Å²) in [5, 5.41) is 5.71. The zero-order chi connectivity index (χ0) is 19.4. The third-order valence-electron chi connectivity index (χ3n) is 3.80. The highest BCUT2D eigenvalue weighted by Crippen LogP contribution is 2.30. The van der Waals surface area contributed by atoms with Crippen molar-refractivity contribution in [3.63, 3.8) is 0 Å². The number of amides is 1. The molecule has 0 radical (unpaired) electrons. The fraction of sp³-hybridized carbons (Fsp3) is 0.100. The number of pyridine rings is 1. The van der Waals surface area contributed by atoms with Crippen LogP contribution in [0.5, 0.6) is 0 Å². The van der Waals surface area contributed by atoms with E-state index in [2.05, 4.69) is 15.6 Å². The minimum Gasteiger partial charge on any atom is -0.355 e. The average Bonchev–Trinajstić information content (AvgIpc) is 2.63. The fourth-order valence-electron chi connectivity index (χ4n) is 2.37. The van der Waals surface area contributed by atoms with Crippen molar-refractivity contribution in [1.82, 2.24) is 4.98 Å². The van der Waals surface area contributed by atoms with Gasteiger partial charge in [0.25, 0.3) is 5.91 Å². The van der Waals surface area contributed by atoms with Crippen LogP contribution in [0.15, 0.2) is 66.9 Å². The van der Waals surface area contributed by atoms with Gasteiger partial charge in [0.1, 0.15) is 5.69 Å². The Labute approximate surface area is 154 Å². The van der Waals surface area contributed by atoms with E-state index in [0.717, 1.165) is 17.7 Å². The van der Waals surface area contributed by atoms with Crippen LogP contribution in [0.2, 0.25) is 0 Å². The van der Waals surface area contributed by atoms with Crippen LogP contribution in [-0.2, 0) is 6.18 Å². The number of hydrogen-bond acceptors (Lipinski definition) is 3. The van der Waals surface area contributed by atoms with Gasteiger partial charge in [-0.05, 0) is 55.5 Å². The quantitative estimate of drug-likeness (QED) is 0.645. The van der Waals surface area contributed by atoms with Crippen LogP contribution in [0.1, 0.15) is 21.6 Å². The maximum Gasteiger partial charge on any atom is 0.416 e. The number of halogens is 3. The van der Waals surface area contributed by atoms with Crippen molar-refractivity contribution >= 4 is 23.0 Å². The first-order chi connectivity index (χ1) is 12.8. The van der Waals surface area contributed by atoms with Crippen molar-refractivity contribution in [1.29, 1.82) is 0 Å². The molecule has 1 aromatic heterocycles. The monoisotopic (exact) mass is 371 g/mol. The van der Waals surface area contributed by atoms with Gasteiger partial charge in [0.2, 0.25) is 0 Å². The summed E-state index contributed by atoms with van der Waals surface area (Å²) >= 11 is 0. The number of alkyl halides is 3. The molecular weight excluding hydrogens is 355 g/mol.